The molecule has 6 nitrogen and oxygen atoms in total. The molecule has 0 spiro atoms. The average molecular weight is 429 g/mol. The topological polar surface area (TPSA) is 71.2 Å². The number of phenols is 1. The van der Waals surface area contributed by atoms with E-state index in [-0.39, 0.29) is 11.7 Å². The van der Waals surface area contributed by atoms with E-state index in [1.807, 2.05) is 33.7 Å². The first-order chi connectivity index (χ1) is 14.1. The Morgan fingerprint density at radius 2 is 1.83 bits per heavy atom. The summed E-state index contributed by atoms with van der Waals surface area (Å²) in [7, 11) is 0. The Balaban J connectivity index is 1.64. The first-order valence-electron chi connectivity index (χ1n) is 9.53. The molecule has 8 heteroatoms. The van der Waals surface area contributed by atoms with Gasteiger partial charge < -0.3 is 10.0 Å². The summed E-state index contributed by atoms with van der Waals surface area (Å²) >= 11 is 7.58. The van der Waals surface area contributed by atoms with Gasteiger partial charge in [-0.1, -0.05) is 29.4 Å². The molecule has 0 aliphatic carbocycles. The lowest BCUT2D eigenvalue weighted by Gasteiger charge is -2.26. The van der Waals surface area contributed by atoms with Crippen molar-refractivity contribution < 1.29 is 9.90 Å². The second kappa shape index (κ2) is 8.88. The fourth-order valence-corrected chi connectivity index (χ4v) is 4.41. The monoisotopic (exact) mass is 428 g/mol. The van der Waals surface area contributed by atoms with Gasteiger partial charge in [0.05, 0.1) is 11.4 Å². The Morgan fingerprint density at radius 3 is 2.55 bits per heavy atom. The molecule has 1 N–H and O–H groups in total. The number of hydrogen-bond acceptors (Lipinski definition) is 5. The molecular formula is C21H21ClN4O2S. The van der Waals surface area contributed by atoms with Gasteiger partial charge in [0.2, 0.25) is 5.91 Å². The molecule has 1 amide bonds. The number of carbonyl (C=O) groups is 1. The molecule has 3 aromatic rings. The van der Waals surface area contributed by atoms with E-state index in [2.05, 4.69) is 10.2 Å². The van der Waals surface area contributed by atoms with Crippen molar-refractivity contribution in [3.63, 3.8) is 0 Å². The lowest BCUT2D eigenvalue weighted by atomic mass is 10.1. The van der Waals surface area contributed by atoms with E-state index >= 15 is 0 Å². The van der Waals surface area contributed by atoms with Crippen LogP contribution >= 0.6 is 23.4 Å². The fraction of sp³-hybridized carbons (Fsp3) is 0.286. The lowest BCUT2D eigenvalue weighted by Crippen LogP contribution is -2.36. The van der Waals surface area contributed by atoms with Gasteiger partial charge in [-0.2, -0.15) is 0 Å². The third-order valence-electron chi connectivity index (χ3n) is 4.86. The van der Waals surface area contributed by atoms with Crippen molar-refractivity contribution in [3.05, 3.63) is 53.6 Å². The quantitative estimate of drug-likeness (QED) is 0.610. The van der Waals surface area contributed by atoms with Crippen LogP contribution in [0.2, 0.25) is 5.02 Å². The molecule has 0 bridgehead atoms. The van der Waals surface area contributed by atoms with Gasteiger partial charge in [0.15, 0.2) is 11.0 Å². The van der Waals surface area contributed by atoms with Crippen molar-refractivity contribution in [2.24, 2.45) is 0 Å². The fourth-order valence-electron chi connectivity index (χ4n) is 3.37. The maximum Gasteiger partial charge on any atom is 0.233 e. The van der Waals surface area contributed by atoms with Crippen LogP contribution in [0.1, 0.15) is 19.3 Å². The van der Waals surface area contributed by atoms with Crippen LogP contribution in [-0.2, 0) is 4.79 Å². The van der Waals surface area contributed by atoms with Gasteiger partial charge >= 0.3 is 0 Å². The summed E-state index contributed by atoms with van der Waals surface area (Å²) in [5.41, 5.74) is 1.63. The van der Waals surface area contributed by atoms with Crippen molar-refractivity contribution >= 4 is 29.3 Å². The van der Waals surface area contributed by atoms with Gasteiger partial charge in [-0.15, -0.1) is 10.2 Å². The number of piperidine rings is 1. The van der Waals surface area contributed by atoms with Crippen molar-refractivity contribution in [1.82, 2.24) is 19.7 Å². The van der Waals surface area contributed by atoms with Gasteiger partial charge in [-0.05, 0) is 61.7 Å². The van der Waals surface area contributed by atoms with Crippen molar-refractivity contribution in [1.29, 1.82) is 0 Å². The van der Waals surface area contributed by atoms with Crippen molar-refractivity contribution in [3.8, 4) is 22.8 Å². The number of likely N-dealkylation sites (tertiary alicyclic amines) is 1. The summed E-state index contributed by atoms with van der Waals surface area (Å²) in [5, 5.41) is 19.5. The van der Waals surface area contributed by atoms with Gasteiger partial charge in [0.25, 0.3) is 0 Å². The smallest absolute Gasteiger partial charge is 0.233 e. The second-order valence-corrected chi connectivity index (χ2v) is 8.28. The molecule has 0 saturated carbocycles. The number of carbonyl (C=O) groups excluding carboxylic acids is 1. The first-order valence-corrected chi connectivity index (χ1v) is 10.9. The summed E-state index contributed by atoms with van der Waals surface area (Å²) in [5.74, 6) is 1.25. The standard InChI is InChI=1S/C21H21ClN4O2S/c22-16-5-4-6-17(13-16)26-20(15-7-9-18(27)10-8-15)23-24-21(26)29-14-19(28)25-11-2-1-3-12-25/h4-10,13,27H,1-3,11-12,14H2. The number of halogens is 1. The van der Waals surface area contributed by atoms with Crippen molar-refractivity contribution in [2.45, 2.75) is 24.4 Å². The molecule has 0 radical (unpaired) electrons. The number of nitrogens with zero attached hydrogens (tertiary/aromatic N) is 4. The van der Waals surface area contributed by atoms with Gasteiger partial charge in [0, 0.05) is 23.7 Å². The number of hydrogen-bond donors (Lipinski definition) is 1. The highest BCUT2D eigenvalue weighted by Gasteiger charge is 2.20. The largest absolute Gasteiger partial charge is 0.508 e. The van der Waals surface area contributed by atoms with E-state index < -0.39 is 0 Å². The predicted octanol–water partition coefficient (Wildman–Crippen LogP) is 4.40. The van der Waals surface area contributed by atoms with E-state index in [0.717, 1.165) is 37.2 Å². The minimum absolute atomic E-state index is 0.126. The molecule has 0 atom stereocenters. The van der Waals surface area contributed by atoms with E-state index in [9.17, 15) is 9.90 Å². The zero-order valence-electron chi connectivity index (χ0n) is 15.8. The zero-order valence-corrected chi connectivity index (χ0v) is 17.4. The predicted molar refractivity (Wildman–Crippen MR) is 115 cm³/mol. The van der Waals surface area contributed by atoms with Crippen LogP contribution in [0.15, 0.2) is 53.7 Å². The molecule has 4 rings (SSSR count). The van der Waals surface area contributed by atoms with Gasteiger partial charge in [-0.3, -0.25) is 9.36 Å². The number of amides is 1. The van der Waals surface area contributed by atoms with Crippen LogP contribution in [0.5, 0.6) is 5.75 Å². The highest BCUT2D eigenvalue weighted by Crippen LogP contribution is 2.30. The van der Waals surface area contributed by atoms with E-state index in [0.29, 0.717) is 21.8 Å². The molecule has 29 heavy (non-hydrogen) atoms. The Bertz CT molecular complexity index is 1000. The molecular weight excluding hydrogens is 408 g/mol. The number of aromatic nitrogens is 3. The van der Waals surface area contributed by atoms with Crippen molar-refractivity contribution in [2.75, 3.05) is 18.8 Å². The number of phenolic OH excluding ortho intramolecular Hbond substituents is 1. The minimum Gasteiger partial charge on any atom is -0.508 e. The molecule has 2 heterocycles. The summed E-state index contributed by atoms with van der Waals surface area (Å²) in [6.45, 7) is 1.66. The molecule has 150 valence electrons. The van der Waals surface area contributed by atoms with E-state index in [1.54, 1.807) is 24.3 Å². The lowest BCUT2D eigenvalue weighted by molar-refractivity contribution is -0.129. The number of thioether (sulfide) groups is 1. The van der Waals surface area contributed by atoms with Crippen LogP contribution < -0.4 is 0 Å². The molecule has 1 aliphatic heterocycles. The average Bonchev–Trinajstić information content (AvgIpc) is 3.17. The molecule has 1 aliphatic rings. The third kappa shape index (κ3) is 4.57. The van der Waals surface area contributed by atoms with Crippen LogP contribution in [0.4, 0.5) is 0 Å². The molecule has 2 aromatic carbocycles. The molecule has 1 saturated heterocycles. The van der Waals surface area contributed by atoms with Crippen LogP contribution in [0.3, 0.4) is 0 Å². The van der Waals surface area contributed by atoms with Gasteiger partial charge in [-0.25, -0.2) is 0 Å². The summed E-state index contributed by atoms with van der Waals surface area (Å²) in [4.78, 5) is 14.5. The maximum atomic E-state index is 12.6. The number of rotatable bonds is 5. The van der Waals surface area contributed by atoms with Crippen LogP contribution in [0, 0.1) is 0 Å². The highest BCUT2D eigenvalue weighted by atomic mass is 35.5. The van der Waals surface area contributed by atoms with Gasteiger partial charge in [0.1, 0.15) is 5.75 Å². The zero-order chi connectivity index (χ0) is 20.2. The Morgan fingerprint density at radius 1 is 1.07 bits per heavy atom. The van der Waals surface area contributed by atoms with E-state index in [1.165, 1.54) is 18.2 Å². The minimum atomic E-state index is 0.126. The Hall–Kier alpha value is -2.51. The Labute approximate surface area is 178 Å². The maximum absolute atomic E-state index is 12.6. The normalized spacial score (nSPS) is 14.2. The SMILES string of the molecule is O=C(CSc1nnc(-c2ccc(O)cc2)n1-c1cccc(Cl)c1)N1CCCCC1. The molecule has 1 aromatic heterocycles. The van der Waals surface area contributed by atoms with Crippen LogP contribution in [0.25, 0.3) is 17.1 Å². The summed E-state index contributed by atoms with van der Waals surface area (Å²) < 4.78 is 1.90. The number of aromatic hydroxyl groups is 1. The highest BCUT2D eigenvalue weighted by molar-refractivity contribution is 7.99. The first kappa shape index (κ1) is 19.8. The van der Waals surface area contributed by atoms with E-state index in [4.69, 9.17) is 11.6 Å². The molecule has 0 unspecified atom stereocenters. The number of benzene rings is 2. The summed E-state index contributed by atoms with van der Waals surface area (Å²) in [6.07, 6.45) is 3.33. The second-order valence-electron chi connectivity index (χ2n) is 6.90. The van der Waals surface area contributed by atoms with Crippen LogP contribution in [-0.4, -0.2) is 49.5 Å². The summed E-state index contributed by atoms with van der Waals surface area (Å²) in [6, 6.07) is 14.2. The Kier molecular flexibility index (Phi) is 6.06. The molecule has 1 fully saturated rings. The third-order valence-corrected chi connectivity index (χ3v) is 6.01.